The van der Waals surface area contributed by atoms with Gasteiger partial charge in [-0.3, -0.25) is 0 Å². The number of hydrogen-bond donors (Lipinski definition) is 0. The summed E-state index contributed by atoms with van der Waals surface area (Å²) in [5.74, 6) is 0.772. The van der Waals surface area contributed by atoms with Crippen LogP contribution in [-0.2, 0) is 16.8 Å². The molecule has 1 aromatic heterocycles. The Balaban J connectivity index is 2.26. The summed E-state index contributed by atoms with van der Waals surface area (Å²) in [7, 11) is -1.86. The van der Waals surface area contributed by atoms with Crippen LogP contribution in [0.4, 0.5) is 5.69 Å². The third kappa shape index (κ3) is 0.870. The number of anilines is 1. The van der Waals surface area contributed by atoms with Crippen LogP contribution in [0, 0.1) is 0 Å². The van der Waals surface area contributed by atoms with Crippen LogP contribution in [0.5, 0.6) is 0 Å². The Bertz CT molecular complexity index is 761. The summed E-state index contributed by atoms with van der Waals surface area (Å²) in [6.45, 7) is 0.745. The van der Waals surface area contributed by atoms with Gasteiger partial charge in [-0.1, -0.05) is 12.1 Å². The van der Waals surface area contributed by atoms with Gasteiger partial charge in [0.15, 0.2) is 0 Å². The first kappa shape index (κ1) is 9.23. The Morgan fingerprint density at radius 1 is 1.35 bits per heavy atom. The van der Waals surface area contributed by atoms with E-state index >= 15 is 0 Å². The average Bonchev–Trinajstić information content (AvgIpc) is 2.83. The molecule has 0 saturated carbocycles. The van der Waals surface area contributed by atoms with Crippen LogP contribution in [0.2, 0.25) is 0 Å². The van der Waals surface area contributed by atoms with Crippen molar-refractivity contribution >= 4 is 15.9 Å². The molecule has 17 heavy (non-hydrogen) atoms. The van der Waals surface area contributed by atoms with E-state index in [0.717, 1.165) is 23.6 Å². The summed E-state index contributed by atoms with van der Waals surface area (Å²) < 4.78 is 29.2. The van der Waals surface area contributed by atoms with Crippen LogP contribution >= 0.6 is 0 Å². The lowest BCUT2D eigenvalue weighted by Crippen LogP contribution is -2.38. The second-order valence-corrected chi connectivity index (χ2v) is 6.17. The molecular weight excluding hydrogens is 238 g/mol. The topological polar surface area (TPSA) is 46.2 Å². The fourth-order valence-electron chi connectivity index (χ4n) is 2.66. The molecular formula is C11H10N3O2S+. The Hall–Kier alpha value is -1.82. The first-order chi connectivity index (χ1) is 8.10. The van der Waals surface area contributed by atoms with Crippen LogP contribution in [0.1, 0.15) is 5.56 Å². The molecule has 4 rings (SSSR count). The van der Waals surface area contributed by atoms with Crippen LogP contribution in [0.25, 0.3) is 11.4 Å². The molecule has 0 spiro atoms. The van der Waals surface area contributed by atoms with Crippen molar-refractivity contribution in [1.82, 2.24) is 3.97 Å². The zero-order valence-electron chi connectivity index (χ0n) is 9.16. The molecule has 0 N–H and O–H groups in total. The van der Waals surface area contributed by atoms with Gasteiger partial charge in [-0.25, -0.2) is 8.87 Å². The van der Waals surface area contributed by atoms with Crippen molar-refractivity contribution in [2.45, 2.75) is 6.54 Å². The van der Waals surface area contributed by atoms with E-state index in [0.29, 0.717) is 0 Å². The van der Waals surface area contributed by atoms with Gasteiger partial charge in [-0.2, -0.15) is 8.42 Å². The first-order valence-corrected chi connectivity index (χ1v) is 6.73. The second kappa shape index (κ2) is 2.53. The van der Waals surface area contributed by atoms with Crippen molar-refractivity contribution in [1.29, 1.82) is 0 Å². The molecule has 86 valence electrons. The van der Waals surface area contributed by atoms with Gasteiger partial charge in [0, 0.05) is 12.6 Å². The average molecular weight is 248 g/mol. The summed E-state index contributed by atoms with van der Waals surface area (Å²) in [5.41, 5.74) is 2.98. The van der Waals surface area contributed by atoms with E-state index in [4.69, 9.17) is 0 Å². The highest BCUT2D eigenvalue weighted by molar-refractivity contribution is 7.91. The van der Waals surface area contributed by atoms with Crippen molar-refractivity contribution in [3.05, 3.63) is 36.2 Å². The van der Waals surface area contributed by atoms with E-state index in [-0.39, 0.29) is 0 Å². The molecule has 0 unspecified atom stereocenters. The van der Waals surface area contributed by atoms with E-state index in [9.17, 15) is 8.42 Å². The van der Waals surface area contributed by atoms with E-state index in [2.05, 4.69) is 0 Å². The fourth-order valence-corrected chi connectivity index (χ4v) is 3.94. The third-order valence-electron chi connectivity index (χ3n) is 3.49. The molecule has 2 aliphatic rings. The molecule has 5 nitrogen and oxygen atoms in total. The Morgan fingerprint density at radius 3 is 3.00 bits per heavy atom. The second-order valence-electron chi connectivity index (χ2n) is 4.33. The van der Waals surface area contributed by atoms with Gasteiger partial charge in [0.2, 0.25) is 0 Å². The molecule has 3 heterocycles. The Labute approximate surface area is 98.7 Å². The first-order valence-electron chi connectivity index (χ1n) is 5.33. The van der Waals surface area contributed by atoms with Crippen LogP contribution in [0.15, 0.2) is 30.6 Å². The van der Waals surface area contributed by atoms with Crippen molar-refractivity contribution in [3.8, 4) is 11.4 Å². The van der Waals surface area contributed by atoms with Gasteiger partial charge < -0.3 is 0 Å². The normalized spacial score (nSPS) is 18.3. The predicted molar refractivity (Wildman–Crippen MR) is 61.9 cm³/mol. The van der Waals surface area contributed by atoms with Crippen molar-refractivity contribution in [2.75, 3.05) is 11.4 Å². The molecule has 0 radical (unpaired) electrons. The predicted octanol–water partition coefficient (Wildman–Crippen LogP) is 0.347. The SMILES string of the molecule is CN1c2cccc3c2-c2n(cc[n+]2C3)S1(=O)=O. The maximum atomic E-state index is 12.3. The molecule has 2 aliphatic heterocycles. The zero-order chi connectivity index (χ0) is 11.8. The monoisotopic (exact) mass is 248 g/mol. The largest absolute Gasteiger partial charge is 0.404 e. The summed E-state index contributed by atoms with van der Waals surface area (Å²) in [6, 6.07) is 5.80. The molecule has 0 amide bonds. The minimum atomic E-state index is -3.45. The lowest BCUT2D eigenvalue weighted by molar-refractivity contribution is -0.670. The Morgan fingerprint density at radius 2 is 2.18 bits per heavy atom. The molecule has 2 aromatic rings. The Kier molecular flexibility index (Phi) is 1.38. The van der Waals surface area contributed by atoms with Gasteiger partial charge in [0.1, 0.15) is 18.9 Å². The molecule has 0 bridgehead atoms. The van der Waals surface area contributed by atoms with Gasteiger partial charge in [-0.05, 0) is 6.07 Å². The standard InChI is InChI=1S/C11H10N3O2S/c1-12-9-4-2-3-8-7-13-5-6-14(17(12,15)16)11(13)10(8)9/h2-6H,7H2,1H3/q+1. The molecule has 0 fully saturated rings. The summed E-state index contributed by atoms with van der Waals surface area (Å²) >= 11 is 0. The molecule has 6 heteroatoms. The van der Waals surface area contributed by atoms with E-state index in [1.54, 1.807) is 13.2 Å². The van der Waals surface area contributed by atoms with Crippen molar-refractivity contribution in [3.63, 3.8) is 0 Å². The van der Waals surface area contributed by atoms with E-state index in [1.165, 1.54) is 13.8 Å². The maximum absolute atomic E-state index is 12.3. The third-order valence-corrected chi connectivity index (χ3v) is 5.17. The highest BCUT2D eigenvalue weighted by Crippen LogP contribution is 2.40. The van der Waals surface area contributed by atoms with Crippen LogP contribution in [-0.4, -0.2) is 19.4 Å². The zero-order valence-corrected chi connectivity index (χ0v) is 9.98. The van der Waals surface area contributed by atoms with Crippen LogP contribution in [0.3, 0.4) is 0 Å². The van der Waals surface area contributed by atoms with Gasteiger partial charge in [0.05, 0.1) is 11.3 Å². The highest BCUT2D eigenvalue weighted by Gasteiger charge is 2.44. The number of imidazole rings is 1. The number of benzene rings is 1. The number of nitrogens with zero attached hydrogens (tertiary/aromatic N) is 3. The van der Waals surface area contributed by atoms with Gasteiger partial charge in [-0.15, -0.1) is 3.97 Å². The van der Waals surface area contributed by atoms with Gasteiger partial charge in [0.25, 0.3) is 0 Å². The lowest BCUT2D eigenvalue weighted by Gasteiger charge is -2.22. The number of hydrogen-bond acceptors (Lipinski definition) is 2. The van der Waals surface area contributed by atoms with E-state index in [1.807, 2.05) is 29.0 Å². The summed E-state index contributed by atoms with van der Waals surface area (Å²) in [5, 5.41) is 0. The minimum Gasteiger partial charge on any atom is -0.237 e. The minimum absolute atomic E-state index is 0.745. The molecule has 1 aromatic carbocycles. The number of rotatable bonds is 0. The van der Waals surface area contributed by atoms with E-state index < -0.39 is 10.2 Å². The smallest absolute Gasteiger partial charge is 0.237 e. The molecule has 0 aliphatic carbocycles. The fraction of sp³-hybridized carbons (Fsp3) is 0.182. The number of aromatic nitrogens is 2. The van der Waals surface area contributed by atoms with Crippen molar-refractivity contribution in [2.24, 2.45) is 0 Å². The van der Waals surface area contributed by atoms with Crippen LogP contribution < -0.4 is 8.87 Å². The molecule has 0 atom stereocenters. The van der Waals surface area contributed by atoms with Crippen molar-refractivity contribution < 1.29 is 13.0 Å². The maximum Gasteiger partial charge on any atom is 0.404 e. The quantitative estimate of drug-likeness (QED) is 0.539. The van der Waals surface area contributed by atoms with Gasteiger partial charge >= 0.3 is 16.0 Å². The summed E-state index contributed by atoms with van der Waals surface area (Å²) in [4.78, 5) is 0. The molecule has 0 saturated heterocycles. The summed E-state index contributed by atoms with van der Waals surface area (Å²) in [6.07, 6.45) is 3.43. The lowest BCUT2D eigenvalue weighted by atomic mass is 10.1. The highest BCUT2D eigenvalue weighted by atomic mass is 32.2.